The molecule has 4 rings (SSSR count). The molecule has 2 aliphatic heterocycles. The molecule has 1 unspecified atom stereocenters. The van der Waals surface area contributed by atoms with Gasteiger partial charge in [-0.1, -0.05) is 13.8 Å². The number of carbonyl (C=O) groups is 1. The van der Waals surface area contributed by atoms with Crippen molar-refractivity contribution in [3.63, 3.8) is 0 Å². The Balaban J connectivity index is 1.64. The van der Waals surface area contributed by atoms with Crippen molar-refractivity contribution in [1.82, 2.24) is 20.1 Å². The summed E-state index contributed by atoms with van der Waals surface area (Å²) < 4.78 is 12.4. The van der Waals surface area contributed by atoms with Crippen molar-refractivity contribution < 1.29 is 13.9 Å². The van der Waals surface area contributed by atoms with Crippen LogP contribution in [0, 0.1) is 5.41 Å². The number of halogens is 1. The summed E-state index contributed by atoms with van der Waals surface area (Å²) in [6.45, 7) is 6.71. The molecule has 0 aromatic carbocycles. The lowest BCUT2D eigenvalue weighted by Gasteiger charge is -2.36. The van der Waals surface area contributed by atoms with Gasteiger partial charge >= 0.3 is 0 Å². The number of rotatable bonds is 3. The average molecular weight is 435 g/mol. The van der Waals surface area contributed by atoms with Crippen molar-refractivity contribution in [2.75, 3.05) is 26.3 Å². The summed E-state index contributed by atoms with van der Waals surface area (Å²) in [6.07, 6.45) is 5.06. The van der Waals surface area contributed by atoms with E-state index in [0.29, 0.717) is 43.6 Å². The Morgan fingerprint density at radius 1 is 1.30 bits per heavy atom. The molecular formula is C19H23BrN4O3. The van der Waals surface area contributed by atoms with Crippen LogP contribution in [0.2, 0.25) is 0 Å². The van der Waals surface area contributed by atoms with Crippen LogP contribution in [0.3, 0.4) is 0 Å². The number of nitrogens with zero attached hydrogens (tertiary/aromatic N) is 4. The number of hydrogen-bond donors (Lipinski definition) is 0. The van der Waals surface area contributed by atoms with Gasteiger partial charge in [-0.15, -0.1) is 10.2 Å². The molecule has 0 saturated carbocycles. The first-order valence-electron chi connectivity index (χ1n) is 9.29. The standard InChI is InChI=1S/C19H23BrN4O3/c1-12(2)16-22-23-17(27-16)15-10-24(11-19(15)3-5-26-6-4-19)18(25)13-7-14(20)9-21-8-13/h7-9,12,15H,3-6,10-11H2,1-2H3. The third kappa shape index (κ3) is 3.52. The van der Waals surface area contributed by atoms with Crippen molar-refractivity contribution in [2.24, 2.45) is 5.41 Å². The van der Waals surface area contributed by atoms with Gasteiger partial charge in [-0.2, -0.15) is 0 Å². The van der Waals surface area contributed by atoms with Gasteiger partial charge < -0.3 is 14.1 Å². The maximum absolute atomic E-state index is 13.1. The second-order valence-corrected chi connectivity index (χ2v) is 8.65. The van der Waals surface area contributed by atoms with Crippen LogP contribution in [0.25, 0.3) is 0 Å². The lowest BCUT2D eigenvalue weighted by molar-refractivity contribution is 0.00887. The van der Waals surface area contributed by atoms with Crippen molar-refractivity contribution >= 4 is 21.8 Å². The maximum atomic E-state index is 13.1. The van der Waals surface area contributed by atoms with Crippen LogP contribution in [-0.2, 0) is 4.74 Å². The molecule has 2 fully saturated rings. The molecule has 2 aliphatic rings. The molecule has 2 aromatic rings. The molecule has 4 heterocycles. The number of amides is 1. The van der Waals surface area contributed by atoms with Crippen LogP contribution < -0.4 is 0 Å². The van der Waals surface area contributed by atoms with Gasteiger partial charge in [0.25, 0.3) is 5.91 Å². The Morgan fingerprint density at radius 2 is 2.07 bits per heavy atom. The SMILES string of the molecule is CC(C)c1nnc(C2CN(C(=O)c3cncc(Br)c3)CC23CCOCC3)o1. The van der Waals surface area contributed by atoms with E-state index in [4.69, 9.17) is 9.15 Å². The number of aromatic nitrogens is 3. The van der Waals surface area contributed by atoms with Crippen LogP contribution in [-0.4, -0.2) is 52.3 Å². The summed E-state index contributed by atoms with van der Waals surface area (Å²) in [4.78, 5) is 19.1. The molecule has 2 aromatic heterocycles. The molecule has 0 N–H and O–H groups in total. The summed E-state index contributed by atoms with van der Waals surface area (Å²) in [5, 5.41) is 8.54. The second-order valence-electron chi connectivity index (χ2n) is 7.74. The minimum Gasteiger partial charge on any atom is -0.425 e. The lowest BCUT2D eigenvalue weighted by Crippen LogP contribution is -2.37. The smallest absolute Gasteiger partial charge is 0.255 e. The highest BCUT2D eigenvalue weighted by atomic mass is 79.9. The highest BCUT2D eigenvalue weighted by molar-refractivity contribution is 9.10. The normalized spacial score (nSPS) is 21.9. The van der Waals surface area contributed by atoms with E-state index in [1.165, 1.54) is 0 Å². The topological polar surface area (TPSA) is 81.4 Å². The number of carbonyl (C=O) groups excluding carboxylic acids is 1. The van der Waals surface area contributed by atoms with Crippen molar-refractivity contribution in [1.29, 1.82) is 0 Å². The molecule has 0 radical (unpaired) electrons. The van der Waals surface area contributed by atoms with Gasteiger partial charge in [0.05, 0.1) is 11.5 Å². The summed E-state index contributed by atoms with van der Waals surface area (Å²) in [5.74, 6) is 1.49. The third-order valence-electron chi connectivity index (χ3n) is 5.62. The predicted octanol–water partition coefficient (Wildman–Crippen LogP) is 3.39. The third-order valence-corrected chi connectivity index (χ3v) is 6.06. The first-order valence-corrected chi connectivity index (χ1v) is 10.1. The lowest BCUT2D eigenvalue weighted by atomic mass is 9.72. The van der Waals surface area contributed by atoms with Gasteiger partial charge in [-0.05, 0) is 34.8 Å². The van der Waals surface area contributed by atoms with Gasteiger partial charge in [0.1, 0.15) is 0 Å². The van der Waals surface area contributed by atoms with E-state index in [2.05, 4.69) is 31.1 Å². The minimum atomic E-state index is -0.0753. The average Bonchev–Trinajstić information content (AvgIpc) is 3.27. The number of likely N-dealkylation sites (tertiary alicyclic amines) is 1. The van der Waals surface area contributed by atoms with Crippen LogP contribution in [0.1, 0.15) is 60.7 Å². The summed E-state index contributed by atoms with van der Waals surface area (Å²) in [6, 6.07) is 1.81. The number of pyridine rings is 1. The van der Waals surface area contributed by atoms with E-state index >= 15 is 0 Å². The Labute approximate surface area is 166 Å². The molecule has 144 valence electrons. The molecule has 0 bridgehead atoms. The zero-order valence-corrected chi connectivity index (χ0v) is 17.1. The van der Waals surface area contributed by atoms with Crippen molar-refractivity contribution in [3.8, 4) is 0 Å². The van der Waals surface area contributed by atoms with E-state index < -0.39 is 0 Å². The Bertz CT molecular complexity index is 832. The van der Waals surface area contributed by atoms with Gasteiger partial charge in [-0.3, -0.25) is 9.78 Å². The highest BCUT2D eigenvalue weighted by Gasteiger charge is 2.51. The van der Waals surface area contributed by atoms with E-state index in [-0.39, 0.29) is 23.2 Å². The van der Waals surface area contributed by atoms with Gasteiger partial charge in [0.2, 0.25) is 11.8 Å². The predicted molar refractivity (Wildman–Crippen MR) is 101 cm³/mol. The zero-order valence-electron chi connectivity index (χ0n) is 15.5. The zero-order chi connectivity index (χ0) is 19.0. The van der Waals surface area contributed by atoms with Crippen molar-refractivity contribution in [3.05, 3.63) is 40.3 Å². The molecule has 1 spiro atoms. The Morgan fingerprint density at radius 3 is 2.74 bits per heavy atom. The largest absolute Gasteiger partial charge is 0.425 e. The summed E-state index contributed by atoms with van der Waals surface area (Å²) in [5.41, 5.74) is 0.509. The van der Waals surface area contributed by atoms with E-state index in [1.54, 1.807) is 12.4 Å². The van der Waals surface area contributed by atoms with Crippen LogP contribution >= 0.6 is 15.9 Å². The van der Waals surface area contributed by atoms with Crippen LogP contribution in [0.15, 0.2) is 27.3 Å². The fourth-order valence-corrected chi connectivity index (χ4v) is 4.45. The monoisotopic (exact) mass is 434 g/mol. The number of ether oxygens (including phenoxy) is 1. The van der Waals surface area contributed by atoms with E-state index in [1.807, 2.05) is 24.8 Å². The van der Waals surface area contributed by atoms with E-state index in [9.17, 15) is 4.79 Å². The summed E-state index contributed by atoms with van der Waals surface area (Å²) >= 11 is 3.39. The fourth-order valence-electron chi connectivity index (χ4n) is 4.08. The van der Waals surface area contributed by atoms with Crippen LogP contribution in [0.4, 0.5) is 0 Å². The minimum absolute atomic E-state index is 0.0132. The maximum Gasteiger partial charge on any atom is 0.255 e. The molecule has 27 heavy (non-hydrogen) atoms. The van der Waals surface area contributed by atoms with Crippen molar-refractivity contribution in [2.45, 2.75) is 38.5 Å². The Hall–Kier alpha value is -1.80. The summed E-state index contributed by atoms with van der Waals surface area (Å²) in [7, 11) is 0. The van der Waals surface area contributed by atoms with Gasteiger partial charge in [0.15, 0.2) is 0 Å². The molecule has 1 amide bonds. The fraction of sp³-hybridized carbons (Fsp3) is 0.579. The molecule has 8 heteroatoms. The first kappa shape index (κ1) is 18.6. The molecule has 2 saturated heterocycles. The Kier molecular flexibility index (Phi) is 5.03. The first-order chi connectivity index (χ1) is 13.0. The van der Waals surface area contributed by atoms with Crippen LogP contribution in [0.5, 0.6) is 0 Å². The highest BCUT2D eigenvalue weighted by Crippen LogP contribution is 2.49. The van der Waals surface area contributed by atoms with E-state index in [0.717, 1.165) is 17.3 Å². The molecule has 1 atom stereocenters. The quantitative estimate of drug-likeness (QED) is 0.736. The molecule has 0 aliphatic carbocycles. The van der Waals surface area contributed by atoms with Gasteiger partial charge in [0, 0.05) is 54.5 Å². The molecule has 7 nitrogen and oxygen atoms in total. The second kappa shape index (κ2) is 7.31. The molecular weight excluding hydrogens is 412 g/mol. The van der Waals surface area contributed by atoms with Gasteiger partial charge in [-0.25, -0.2) is 0 Å². The number of hydrogen-bond acceptors (Lipinski definition) is 6.